The van der Waals surface area contributed by atoms with Gasteiger partial charge in [0.1, 0.15) is 6.10 Å². The van der Waals surface area contributed by atoms with E-state index in [0.717, 1.165) is 25.9 Å². The van der Waals surface area contributed by atoms with E-state index in [1.807, 2.05) is 0 Å². The van der Waals surface area contributed by atoms with E-state index in [0.29, 0.717) is 24.5 Å². The maximum atomic E-state index is 7.69. The molecule has 5 atom stereocenters. The largest absolute Gasteiger partial charge is 0.375 e. The zero-order valence-electron chi connectivity index (χ0n) is 10.7. The van der Waals surface area contributed by atoms with E-state index in [2.05, 4.69) is 0 Å². The van der Waals surface area contributed by atoms with E-state index in [-0.39, 0.29) is 11.6 Å². The Morgan fingerprint density at radius 1 is 1.46 bits per heavy atom. The molecule has 1 heterocycles. The van der Waals surface area contributed by atoms with Gasteiger partial charge in [-0.1, -0.05) is 6.42 Å². The van der Waals surface area contributed by atoms with Crippen LogP contribution >= 0.6 is 0 Å². The van der Waals surface area contributed by atoms with Crippen LogP contribution in [0.2, 0.25) is 5.54 Å². The molecule has 2 nitrogen and oxygen atoms in total. The fourth-order valence-corrected chi connectivity index (χ4v) is 3.56. The van der Waals surface area contributed by atoms with Gasteiger partial charge in [-0.3, -0.25) is 0 Å². The summed E-state index contributed by atoms with van der Waals surface area (Å²) in [5, 5.41) is 0. The third-order valence-corrected chi connectivity index (χ3v) is 4.32. The van der Waals surface area contributed by atoms with Gasteiger partial charge in [0.15, 0.2) is 0 Å². The van der Waals surface area contributed by atoms with Gasteiger partial charge in [0, 0.05) is 13.7 Å². The first-order chi connectivity index (χ1) is 7.54. The van der Waals surface area contributed by atoms with Crippen molar-refractivity contribution in [3.63, 3.8) is 0 Å². The Labute approximate surface area is 86.1 Å². The van der Waals surface area contributed by atoms with E-state index in [1.54, 1.807) is 0 Å². The molecule has 3 aliphatic rings. The topological polar surface area (TPSA) is 21.8 Å². The fourth-order valence-electron chi connectivity index (χ4n) is 2.87. The van der Waals surface area contributed by atoms with Gasteiger partial charge in [-0.05, 0) is 30.2 Å². The molecule has 2 saturated carbocycles. The molecule has 1 aliphatic heterocycles. The van der Waals surface area contributed by atoms with Gasteiger partial charge in [-0.2, -0.15) is 0 Å². The van der Waals surface area contributed by atoms with Crippen molar-refractivity contribution in [1.82, 2.24) is 0 Å². The molecule has 1 saturated heterocycles. The summed E-state index contributed by atoms with van der Waals surface area (Å²) in [5.41, 5.74) is 0.0105. The lowest BCUT2D eigenvalue weighted by Crippen LogP contribution is -2.26. The van der Waals surface area contributed by atoms with E-state index in [9.17, 15) is 0 Å². The van der Waals surface area contributed by atoms with E-state index in [1.165, 1.54) is 0 Å². The molecule has 2 aliphatic carbocycles. The number of fused-ring (bicyclic) bond motifs is 2. The highest BCUT2D eigenvalue weighted by molar-refractivity contribution is 6.12. The lowest BCUT2D eigenvalue weighted by atomic mass is 9.97. The fraction of sp³-hybridized carbons (Fsp3) is 1.00. The van der Waals surface area contributed by atoms with Crippen LogP contribution < -0.4 is 0 Å². The Balaban J connectivity index is 1.60. The standard InChI is InChI=1S/C10H18O2Si/c13-10-3-6-1-8(10)9(2-6)12-5-7-4-11-7/h6-10H,1-5H2,13H3/i13T3. The highest BCUT2D eigenvalue weighted by Crippen LogP contribution is 2.51. The van der Waals surface area contributed by atoms with Crippen LogP contribution in [0.15, 0.2) is 0 Å². The molecule has 3 rings (SSSR count). The van der Waals surface area contributed by atoms with E-state index >= 15 is 0 Å². The van der Waals surface area contributed by atoms with Gasteiger partial charge in [-0.15, -0.1) is 0 Å². The van der Waals surface area contributed by atoms with E-state index < -0.39 is 10.0 Å². The molecule has 0 amide bonds. The van der Waals surface area contributed by atoms with Crippen molar-refractivity contribution in [3.05, 3.63) is 0 Å². The summed E-state index contributed by atoms with van der Waals surface area (Å²) in [7, 11) is -3.22. The summed E-state index contributed by atoms with van der Waals surface area (Å²) in [6.45, 7) is 1.49. The van der Waals surface area contributed by atoms with Crippen molar-refractivity contribution in [1.29, 1.82) is 3.70 Å². The highest BCUT2D eigenvalue weighted by Gasteiger charge is 2.45. The Morgan fingerprint density at radius 2 is 2.38 bits per heavy atom. The molecular weight excluding hydrogens is 180 g/mol. The maximum absolute atomic E-state index is 7.69. The quantitative estimate of drug-likeness (QED) is 0.487. The average molecular weight is 204 g/mol. The van der Waals surface area contributed by atoms with Gasteiger partial charge < -0.3 is 9.47 Å². The summed E-state index contributed by atoms with van der Waals surface area (Å²) in [6, 6.07) is 0. The molecule has 0 aromatic heterocycles. The van der Waals surface area contributed by atoms with Crippen LogP contribution in [-0.2, 0) is 9.47 Å². The monoisotopic (exact) mass is 204 g/mol. The minimum Gasteiger partial charge on any atom is -0.375 e. The molecular formula is C10H18O2Si. The van der Waals surface area contributed by atoms with Crippen molar-refractivity contribution in [2.75, 3.05) is 13.2 Å². The lowest BCUT2D eigenvalue weighted by molar-refractivity contribution is 0.00906. The maximum Gasteiger partial charge on any atom is 0.104 e. The summed E-state index contributed by atoms with van der Waals surface area (Å²) >= 11 is 0. The number of hydrogen-bond acceptors (Lipinski definition) is 2. The minimum absolute atomic E-state index is 0.0105. The Morgan fingerprint density at radius 3 is 3.08 bits per heavy atom. The van der Waals surface area contributed by atoms with Crippen LogP contribution in [0.1, 0.15) is 19.3 Å². The van der Waals surface area contributed by atoms with Gasteiger partial charge in [0.05, 0.1) is 19.3 Å². The molecule has 0 radical (unpaired) electrons. The summed E-state index contributed by atoms with van der Waals surface area (Å²) in [6.07, 6.45) is 3.61. The molecule has 0 aromatic rings. The van der Waals surface area contributed by atoms with Gasteiger partial charge >= 0.3 is 0 Å². The Kier molecular flexibility index (Phi) is 1.39. The van der Waals surface area contributed by atoms with Gasteiger partial charge in [0.25, 0.3) is 0 Å². The van der Waals surface area contributed by atoms with Crippen LogP contribution in [0.25, 0.3) is 0 Å². The highest BCUT2D eigenvalue weighted by atomic mass is 28.1. The predicted molar refractivity (Wildman–Crippen MR) is 54.0 cm³/mol. The first kappa shape index (κ1) is 5.88. The summed E-state index contributed by atoms with van der Waals surface area (Å²) < 4.78 is 34.0. The van der Waals surface area contributed by atoms with Crippen LogP contribution in [-0.4, -0.2) is 39.2 Å². The molecule has 2 bridgehead atoms. The lowest BCUT2D eigenvalue weighted by Gasteiger charge is -2.26. The van der Waals surface area contributed by atoms with Crippen molar-refractivity contribution in [2.24, 2.45) is 11.8 Å². The molecule has 0 spiro atoms. The van der Waals surface area contributed by atoms with Crippen LogP contribution in [0.5, 0.6) is 0 Å². The summed E-state index contributed by atoms with van der Waals surface area (Å²) in [4.78, 5) is 0. The Bertz CT molecular complexity index is 280. The molecule has 0 aromatic carbocycles. The number of rotatable bonds is 4. The number of ether oxygens (including phenoxy) is 2. The SMILES string of the molecule is [3H][Si]([3H])([3H])C1CC2CC(OCC3CO3)C1C2. The molecule has 13 heavy (non-hydrogen) atoms. The van der Waals surface area contributed by atoms with Gasteiger partial charge in [0.2, 0.25) is 0 Å². The van der Waals surface area contributed by atoms with Crippen molar-refractivity contribution < 1.29 is 9.47 Å². The first-order valence-electron chi connectivity index (χ1n) is 6.77. The molecule has 0 N–H and O–H groups in total. The second-order valence-corrected chi connectivity index (χ2v) is 5.41. The molecule has 3 fully saturated rings. The molecule has 5 unspecified atom stereocenters. The predicted octanol–water partition coefficient (Wildman–Crippen LogP) is 0.354. The average Bonchev–Trinajstić information content (AvgIpc) is 2.81. The normalized spacial score (nSPS) is 57.2. The second-order valence-electron chi connectivity index (χ2n) is 4.67. The summed E-state index contributed by atoms with van der Waals surface area (Å²) in [5.74, 6) is 0.941. The second kappa shape index (κ2) is 3.07. The van der Waals surface area contributed by atoms with Crippen LogP contribution in [0.4, 0.5) is 0 Å². The molecule has 3 heteroatoms. The zero-order chi connectivity index (χ0) is 11.3. The smallest absolute Gasteiger partial charge is 0.104 e. The Hall–Kier alpha value is 0.137. The van der Waals surface area contributed by atoms with Gasteiger partial charge in [-0.25, -0.2) is 0 Å². The third-order valence-electron chi connectivity index (χ3n) is 3.65. The van der Waals surface area contributed by atoms with E-state index in [4.69, 9.17) is 13.2 Å². The van der Waals surface area contributed by atoms with Crippen LogP contribution in [0, 0.1) is 11.8 Å². The third kappa shape index (κ3) is 1.58. The minimum atomic E-state index is -3.22. The zero-order valence-corrected chi connectivity index (χ0v) is 8.74. The van der Waals surface area contributed by atoms with Crippen molar-refractivity contribution >= 4 is 10.0 Å². The number of epoxide rings is 1. The van der Waals surface area contributed by atoms with Crippen LogP contribution in [0.3, 0.4) is 0 Å². The van der Waals surface area contributed by atoms with Crippen molar-refractivity contribution in [2.45, 2.75) is 37.0 Å². The van der Waals surface area contributed by atoms with Crippen molar-refractivity contribution in [3.8, 4) is 0 Å². The number of hydrogen-bond donors (Lipinski definition) is 0. The molecule has 74 valence electrons. The first-order valence-corrected chi connectivity index (χ1v) is 5.85.